The lowest BCUT2D eigenvalue weighted by Gasteiger charge is -2.42. The van der Waals surface area contributed by atoms with Crippen LogP contribution in [0.5, 0.6) is 0 Å². The molecular weight excluding hydrogens is 220 g/mol. The summed E-state index contributed by atoms with van der Waals surface area (Å²) in [4.78, 5) is 25.5. The molecule has 0 aromatic carbocycles. The third kappa shape index (κ3) is 0.834. The molecule has 1 spiro atoms. The van der Waals surface area contributed by atoms with Crippen molar-refractivity contribution in [1.82, 2.24) is 20.1 Å². The highest BCUT2D eigenvalue weighted by Gasteiger charge is 2.57. The van der Waals surface area contributed by atoms with Crippen molar-refractivity contribution in [3.63, 3.8) is 0 Å². The standard InChI is InChI=1S/C11H10N4O2/c16-8-7-3-1-5-14(7)9-11(13-10(17)12-9)4-2-6-15(8)11/h1-3,5-6,9H,4H2,(H2,12,13,17)/t9-,11-/m1/s1. The molecule has 6 heteroatoms. The second kappa shape index (κ2) is 2.53. The molecule has 1 aromatic rings. The summed E-state index contributed by atoms with van der Waals surface area (Å²) in [7, 11) is 0. The van der Waals surface area contributed by atoms with Gasteiger partial charge in [0.1, 0.15) is 5.69 Å². The number of amides is 3. The molecule has 3 amide bonds. The minimum absolute atomic E-state index is 0.0796. The van der Waals surface area contributed by atoms with E-state index < -0.39 is 5.66 Å². The Labute approximate surface area is 96.9 Å². The second-order valence-electron chi connectivity index (χ2n) is 4.49. The zero-order valence-corrected chi connectivity index (χ0v) is 8.88. The molecule has 1 fully saturated rings. The maximum absolute atomic E-state index is 12.3. The van der Waals surface area contributed by atoms with Crippen LogP contribution in [0.3, 0.4) is 0 Å². The number of nitrogens with zero attached hydrogens (tertiary/aromatic N) is 2. The van der Waals surface area contributed by atoms with Crippen LogP contribution < -0.4 is 10.6 Å². The Morgan fingerprint density at radius 1 is 1.41 bits per heavy atom. The summed E-state index contributed by atoms with van der Waals surface area (Å²) < 4.78 is 1.82. The maximum atomic E-state index is 12.3. The van der Waals surface area contributed by atoms with E-state index in [1.165, 1.54) is 0 Å². The molecule has 0 bridgehead atoms. The molecule has 0 aliphatic carbocycles. The van der Waals surface area contributed by atoms with E-state index in [1.807, 2.05) is 22.9 Å². The van der Waals surface area contributed by atoms with E-state index in [1.54, 1.807) is 17.2 Å². The number of urea groups is 1. The summed E-state index contributed by atoms with van der Waals surface area (Å²) in [5, 5.41) is 5.72. The van der Waals surface area contributed by atoms with E-state index in [2.05, 4.69) is 10.6 Å². The smallest absolute Gasteiger partial charge is 0.318 e. The van der Waals surface area contributed by atoms with E-state index >= 15 is 0 Å². The number of carbonyl (C=O) groups is 2. The van der Waals surface area contributed by atoms with Gasteiger partial charge in [-0.1, -0.05) is 6.08 Å². The van der Waals surface area contributed by atoms with E-state index in [-0.39, 0.29) is 18.1 Å². The number of hydrogen-bond acceptors (Lipinski definition) is 2. The molecule has 0 unspecified atom stereocenters. The zero-order chi connectivity index (χ0) is 11.6. The number of rotatable bonds is 0. The van der Waals surface area contributed by atoms with Gasteiger partial charge in [0, 0.05) is 18.8 Å². The van der Waals surface area contributed by atoms with Gasteiger partial charge in [0.05, 0.1) is 0 Å². The highest BCUT2D eigenvalue weighted by molar-refractivity contribution is 5.96. The third-order valence-corrected chi connectivity index (χ3v) is 3.66. The Balaban J connectivity index is 1.98. The molecule has 2 atom stereocenters. The maximum Gasteiger partial charge on any atom is 0.318 e. The molecular formula is C11H10N4O2. The van der Waals surface area contributed by atoms with Gasteiger partial charge >= 0.3 is 6.03 Å². The number of carbonyl (C=O) groups excluding carboxylic acids is 2. The van der Waals surface area contributed by atoms with E-state index in [9.17, 15) is 9.59 Å². The molecule has 1 aromatic heterocycles. The van der Waals surface area contributed by atoms with Gasteiger partial charge in [-0.25, -0.2) is 4.79 Å². The van der Waals surface area contributed by atoms with Gasteiger partial charge in [-0.2, -0.15) is 0 Å². The van der Waals surface area contributed by atoms with Crippen molar-refractivity contribution in [2.24, 2.45) is 0 Å². The number of nitrogens with one attached hydrogen (secondary N) is 2. The summed E-state index contributed by atoms with van der Waals surface area (Å²) in [6.07, 6.45) is 5.86. The van der Waals surface area contributed by atoms with Gasteiger partial charge in [0.25, 0.3) is 5.91 Å². The molecule has 3 aliphatic rings. The van der Waals surface area contributed by atoms with Crippen molar-refractivity contribution in [1.29, 1.82) is 0 Å². The monoisotopic (exact) mass is 230 g/mol. The van der Waals surface area contributed by atoms with Crippen molar-refractivity contribution in [2.75, 3.05) is 0 Å². The van der Waals surface area contributed by atoms with Crippen molar-refractivity contribution in [3.8, 4) is 0 Å². The highest BCUT2D eigenvalue weighted by Crippen LogP contribution is 2.41. The van der Waals surface area contributed by atoms with Gasteiger partial charge in [-0.05, 0) is 12.1 Å². The summed E-state index contributed by atoms with van der Waals surface area (Å²) in [6, 6.07) is 3.35. The minimum atomic E-state index is -0.666. The molecule has 4 rings (SSSR count). The first-order chi connectivity index (χ1) is 8.22. The van der Waals surface area contributed by atoms with Crippen LogP contribution in [0.1, 0.15) is 23.1 Å². The summed E-state index contributed by atoms with van der Waals surface area (Å²) in [6.45, 7) is 0. The van der Waals surface area contributed by atoms with Gasteiger partial charge in [0.15, 0.2) is 11.8 Å². The molecule has 86 valence electrons. The average Bonchev–Trinajstić information content (AvgIpc) is 2.96. The first-order valence-corrected chi connectivity index (χ1v) is 5.48. The van der Waals surface area contributed by atoms with Gasteiger partial charge in [-0.15, -0.1) is 0 Å². The summed E-state index contributed by atoms with van der Waals surface area (Å²) in [5.41, 5.74) is -0.0682. The van der Waals surface area contributed by atoms with Crippen LogP contribution in [0.25, 0.3) is 0 Å². The van der Waals surface area contributed by atoms with E-state index in [4.69, 9.17) is 0 Å². The Bertz CT molecular complexity index is 576. The van der Waals surface area contributed by atoms with E-state index in [0.29, 0.717) is 12.1 Å². The SMILES string of the molecule is O=C1N[C@@H]2n3cccc3C(=O)N3C=CC[C@]23N1. The van der Waals surface area contributed by atoms with Crippen LogP contribution in [0.15, 0.2) is 30.6 Å². The summed E-state index contributed by atoms with van der Waals surface area (Å²) >= 11 is 0. The van der Waals surface area contributed by atoms with Crippen molar-refractivity contribution in [2.45, 2.75) is 18.2 Å². The Morgan fingerprint density at radius 2 is 2.29 bits per heavy atom. The molecule has 17 heavy (non-hydrogen) atoms. The van der Waals surface area contributed by atoms with Crippen LogP contribution in [-0.2, 0) is 0 Å². The minimum Gasteiger partial charge on any atom is -0.318 e. The number of fused-ring (bicyclic) bond motifs is 2. The predicted molar refractivity (Wildman–Crippen MR) is 57.8 cm³/mol. The van der Waals surface area contributed by atoms with Crippen LogP contribution in [-0.4, -0.2) is 27.1 Å². The predicted octanol–water partition coefficient (Wildman–Crippen LogP) is 0.369. The lowest BCUT2D eigenvalue weighted by Crippen LogP contribution is -2.61. The Kier molecular flexibility index (Phi) is 1.32. The van der Waals surface area contributed by atoms with Crippen LogP contribution in [0.2, 0.25) is 0 Å². The average molecular weight is 230 g/mol. The lowest BCUT2D eigenvalue weighted by molar-refractivity contribution is 0.0402. The number of hydrogen-bond donors (Lipinski definition) is 2. The fourth-order valence-electron chi connectivity index (χ4n) is 2.94. The molecule has 4 heterocycles. The van der Waals surface area contributed by atoms with Gasteiger partial charge in [-0.3, -0.25) is 9.69 Å². The molecule has 3 aliphatic heterocycles. The molecule has 0 saturated carbocycles. The Hall–Kier alpha value is -2.24. The van der Waals surface area contributed by atoms with Crippen molar-refractivity contribution >= 4 is 11.9 Å². The first kappa shape index (κ1) is 8.86. The van der Waals surface area contributed by atoms with Crippen LogP contribution >= 0.6 is 0 Å². The zero-order valence-electron chi connectivity index (χ0n) is 8.88. The number of aromatic nitrogens is 1. The summed E-state index contributed by atoms with van der Waals surface area (Å²) in [5.74, 6) is -0.0796. The fourth-order valence-corrected chi connectivity index (χ4v) is 2.94. The van der Waals surface area contributed by atoms with Crippen LogP contribution in [0, 0.1) is 0 Å². The molecule has 6 nitrogen and oxygen atoms in total. The fraction of sp³-hybridized carbons (Fsp3) is 0.273. The normalized spacial score (nSPS) is 32.9. The van der Waals surface area contributed by atoms with Gasteiger partial charge in [0.2, 0.25) is 0 Å². The first-order valence-electron chi connectivity index (χ1n) is 5.48. The molecule has 1 saturated heterocycles. The third-order valence-electron chi connectivity index (χ3n) is 3.66. The molecule has 0 radical (unpaired) electrons. The van der Waals surface area contributed by atoms with Crippen LogP contribution in [0.4, 0.5) is 4.79 Å². The Morgan fingerprint density at radius 3 is 3.18 bits per heavy atom. The lowest BCUT2D eigenvalue weighted by atomic mass is 10.0. The highest BCUT2D eigenvalue weighted by atomic mass is 16.2. The van der Waals surface area contributed by atoms with Crippen molar-refractivity contribution in [3.05, 3.63) is 36.3 Å². The van der Waals surface area contributed by atoms with Crippen molar-refractivity contribution < 1.29 is 9.59 Å². The second-order valence-corrected chi connectivity index (χ2v) is 4.49. The topological polar surface area (TPSA) is 66.4 Å². The van der Waals surface area contributed by atoms with E-state index in [0.717, 1.165) is 0 Å². The quantitative estimate of drug-likeness (QED) is 0.676. The largest absolute Gasteiger partial charge is 0.318 e. The van der Waals surface area contributed by atoms with Gasteiger partial charge < -0.3 is 15.2 Å². The molecule has 2 N–H and O–H groups in total.